The third-order valence-electron chi connectivity index (χ3n) is 1.49. The van der Waals surface area contributed by atoms with E-state index in [-0.39, 0.29) is 11.8 Å². The Morgan fingerprint density at radius 1 is 1.10 bits per heavy atom. The maximum atomic E-state index is 10.8. The second-order valence-corrected chi connectivity index (χ2v) is 2.28. The Balaban J connectivity index is 2.20. The van der Waals surface area contributed by atoms with Crippen LogP contribution < -0.4 is 0 Å². The van der Waals surface area contributed by atoms with Gasteiger partial charge >= 0.3 is 0 Å². The highest BCUT2D eigenvalue weighted by Crippen LogP contribution is 2.14. The Morgan fingerprint density at radius 3 is 2.00 bits per heavy atom. The lowest BCUT2D eigenvalue weighted by molar-refractivity contribution is -0.146. The van der Waals surface area contributed by atoms with Crippen LogP contribution in [0, 0.1) is 0 Å². The van der Waals surface area contributed by atoms with Crippen molar-refractivity contribution in [2.24, 2.45) is 0 Å². The fourth-order valence-electron chi connectivity index (χ4n) is 0.916. The fourth-order valence-corrected chi connectivity index (χ4v) is 0.916. The van der Waals surface area contributed by atoms with Crippen LogP contribution in [0.5, 0.6) is 0 Å². The lowest BCUT2D eigenvalue weighted by Crippen LogP contribution is -2.35. The topological polar surface area (TPSA) is 40.4 Å². The molecule has 0 aromatic carbocycles. The molecule has 0 N–H and O–H groups in total. The highest BCUT2D eigenvalue weighted by Gasteiger charge is 2.35. The maximum Gasteiger partial charge on any atom is 0.268 e. The summed E-state index contributed by atoms with van der Waals surface area (Å²) in [5.41, 5.74) is 0. The molecular weight excluding hydrogens is 132 g/mol. The van der Waals surface area contributed by atoms with Gasteiger partial charge in [0.05, 0.1) is 0 Å². The van der Waals surface area contributed by atoms with Gasteiger partial charge in [0, 0.05) is 25.2 Å². The van der Waals surface area contributed by atoms with E-state index < -0.39 is 0 Å². The lowest BCUT2D eigenvalue weighted by Gasteiger charge is -2.12. The first-order valence-electron chi connectivity index (χ1n) is 3.10. The molecule has 1 saturated heterocycles. The van der Waals surface area contributed by atoms with Crippen LogP contribution in [0.2, 0.25) is 0 Å². The summed E-state index contributed by atoms with van der Waals surface area (Å²) < 4.78 is 0. The van der Waals surface area contributed by atoms with Crippen LogP contribution in [-0.4, -0.2) is 34.9 Å². The molecule has 0 aromatic rings. The van der Waals surface area contributed by atoms with Crippen LogP contribution in [0.15, 0.2) is 12.2 Å². The van der Waals surface area contributed by atoms with Crippen LogP contribution in [0.25, 0.3) is 0 Å². The summed E-state index contributed by atoms with van der Waals surface area (Å²) in [6, 6.07) is 0. The summed E-state index contributed by atoms with van der Waals surface area (Å²) in [6.45, 7) is 1.64. The number of amides is 2. The number of nitrogens with zero attached hydrogens (tertiary/aromatic N) is 2. The number of rotatable bonds is 1. The summed E-state index contributed by atoms with van der Waals surface area (Å²) in [7, 11) is 0. The molecule has 0 spiro atoms. The van der Waals surface area contributed by atoms with Gasteiger partial charge in [0.25, 0.3) is 11.8 Å². The molecule has 4 heteroatoms. The number of imide groups is 1. The van der Waals surface area contributed by atoms with Crippen molar-refractivity contribution in [3.8, 4) is 0 Å². The van der Waals surface area contributed by atoms with E-state index in [2.05, 4.69) is 0 Å². The molecule has 0 radical (unpaired) electrons. The predicted octanol–water partition coefficient (Wildman–Crippen LogP) is -0.858. The number of hydrazine groups is 1. The monoisotopic (exact) mass is 138 g/mol. The average Bonchev–Trinajstić information content (AvgIpc) is 2.64. The molecule has 4 nitrogen and oxygen atoms in total. The van der Waals surface area contributed by atoms with Gasteiger partial charge in [-0.05, 0) is 0 Å². The molecule has 1 fully saturated rings. The zero-order valence-corrected chi connectivity index (χ0v) is 5.28. The van der Waals surface area contributed by atoms with E-state index in [1.54, 1.807) is 5.01 Å². The van der Waals surface area contributed by atoms with E-state index in [1.165, 1.54) is 17.2 Å². The maximum absolute atomic E-state index is 10.8. The van der Waals surface area contributed by atoms with E-state index in [0.29, 0.717) is 0 Å². The SMILES string of the molecule is O=C1C=CC(=O)N1N1CC1. The lowest BCUT2D eigenvalue weighted by atomic mass is 10.6. The Labute approximate surface area is 57.7 Å². The molecule has 2 amide bonds. The zero-order valence-electron chi connectivity index (χ0n) is 5.28. The largest absolute Gasteiger partial charge is 0.268 e. The van der Waals surface area contributed by atoms with Gasteiger partial charge in [0.2, 0.25) is 0 Å². The summed E-state index contributed by atoms with van der Waals surface area (Å²) in [6.07, 6.45) is 2.58. The van der Waals surface area contributed by atoms with Crippen LogP contribution in [0.1, 0.15) is 0 Å². The first kappa shape index (κ1) is 5.61. The Kier molecular flexibility index (Phi) is 0.935. The molecule has 0 bridgehead atoms. The Hall–Kier alpha value is -1.16. The van der Waals surface area contributed by atoms with E-state index >= 15 is 0 Å². The second-order valence-electron chi connectivity index (χ2n) is 2.28. The Bertz CT molecular complexity index is 212. The van der Waals surface area contributed by atoms with Gasteiger partial charge in [0.15, 0.2) is 0 Å². The molecule has 52 valence electrons. The van der Waals surface area contributed by atoms with E-state index in [9.17, 15) is 9.59 Å². The average molecular weight is 138 g/mol. The molecule has 0 saturated carbocycles. The van der Waals surface area contributed by atoms with Crippen molar-refractivity contribution in [1.82, 2.24) is 10.0 Å². The summed E-state index contributed by atoms with van der Waals surface area (Å²) in [5.74, 6) is -0.440. The third kappa shape index (κ3) is 0.657. The highest BCUT2D eigenvalue weighted by atomic mass is 16.2. The van der Waals surface area contributed by atoms with Crippen LogP contribution >= 0.6 is 0 Å². The molecule has 0 unspecified atom stereocenters. The second kappa shape index (κ2) is 1.67. The minimum Gasteiger partial charge on any atom is -0.268 e. The smallest absolute Gasteiger partial charge is 0.268 e. The first-order chi connectivity index (χ1) is 4.79. The standard InChI is InChI=1S/C6H6N2O2/c9-5-1-2-6(10)8(5)7-3-4-7/h1-2H,3-4H2. The van der Waals surface area contributed by atoms with Gasteiger partial charge < -0.3 is 0 Å². The molecule has 2 rings (SSSR count). The van der Waals surface area contributed by atoms with Crippen molar-refractivity contribution >= 4 is 11.8 Å². The molecular formula is C6H6N2O2. The molecule has 2 aliphatic heterocycles. The summed E-state index contributed by atoms with van der Waals surface area (Å²) in [5, 5.41) is 2.87. The van der Waals surface area contributed by atoms with Crippen molar-refractivity contribution in [3.63, 3.8) is 0 Å². The molecule has 10 heavy (non-hydrogen) atoms. The number of hydrogen-bond donors (Lipinski definition) is 0. The van der Waals surface area contributed by atoms with Crippen molar-refractivity contribution in [2.75, 3.05) is 13.1 Å². The minimum absolute atomic E-state index is 0.220. The highest BCUT2D eigenvalue weighted by molar-refractivity contribution is 6.12. The molecule has 0 atom stereocenters. The van der Waals surface area contributed by atoms with Gasteiger partial charge in [-0.15, -0.1) is 0 Å². The van der Waals surface area contributed by atoms with Crippen molar-refractivity contribution in [3.05, 3.63) is 12.2 Å². The van der Waals surface area contributed by atoms with Gasteiger partial charge in [-0.1, -0.05) is 0 Å². The first-order valence-corrected chi connectivity index (χ1v) is 3.10. The molecule has 0 aromatic heterocycles. The fraction of sp³-hybridized carbons (Fsp3) is 0.333. The van der Waals surface area contributed by atoms with Crippen molar-refractivity contribution < 1.29 is 9.59 Å². The Morgan fingerprint density at radius 2 is 1.60 bits per heavy atom. The van der Waals surface area contributed by atoms with Gasteiger partial charge in [0.1, 0.15) is 0 Å². The molecule has 2 heterocycles. The number of hydrogen-bond acceptors (Lipinski definition) is 3. The van der Waals surface area contributed by atoms with E-state index in [1.807, 2.05) is 0 Å². The minimum atomic E-state index is -0.220. The van der Waals surface area contributed by atoms with Gasteiger partial charge in [-0.3, -0.25) is 9.59 Å². The summed E-state index contributed by atoms with van der Waals surface area (Å²) >= 11 is 0. The number of carbonyl (C=O) groups is 2. The van der Waals surface area contributed by atoms with Crippen LogP contribution in [0.3, 0.4) is 0 Å². The number of carbonyl (C=O) groups excluding carboxylic acids is 2. The van der Waals surface area contributed by atoms with Crippen molar-refractivity contribution in [1.29, 1.82) is 0 Å². The normalized spacial score (nSPS) is 24.6. The quantitative estimate of drug-likeness (QED) is 0.350. The molecule has 0 aliphatic carbocycles. The summed E-state index contributed by atoms with van der Waals surface area (Å²) in [4.78, 5) is 21.7. The van der Waals surface area contributed by atoms with E-state index in [0.717, 1.165) is 13.1 Å². The third-order valence-corrected chi connectivity index (χ3v) is 1.49. The van der Waals surface area contributed by atoms with Crippen LogP contribution in [0.4, 0.5) is 0 Å². The zero-order chi connectivity index (χ0) is 7.14. The van der Waals surface area contributed by atoms with E-state index in [4.69, 9.17) is 0 Å². The molecule has 2 aliphatic rings. The van der Waals surface area contributed by atoms with Gasteiger partial charge in [-0.25, -0.2) is 10.0 Å². The van der Waals surface area contributed by atoms with Crippen molar-refractivity contribution in [2.45, 2.75) is 0 Å². The van der Waals surface area contributed by atoms with Gasteiger partial charge in [-0.2, -0.15) is 0 Å². The predicted molar refractivity (Wildman–Crippen MR) is 32.6 cm³/mol. The van der Waals surface area contributed by atoms with Crippen LogP contribution in [-0.2, 0) is 9.59 Å².